The number of halogens is 1. The highest BCUT2D eigenvalue weighted by molar-refractivity contribution is 7.89. The Morgan fingerprint density at radius 1 is 1.16 bits per heavy atom. The third-order valence-electron chi connectivity index (χ3n) is 4.69. The molecule has 1 fully saturated rings. The first-order valence-corrected chi connectivity index (χ1v) is 11.6. The van der Waals surface area contributed by atoms with E-state index in [0.29, 0.717) is 17.3 Å². The van der Waals surface area contributed by atoms with Crippen molar-refractivity contribution in [3.63, 3.8) is 0 Å². The molecule has 0 aliphatic carbocycles. The lowest BCUT2D eigenvalue weighted by Crippen LogP contribution is -2.32. The Hall–Kier alpha value is -2.46. The maximum absolute atomic E-state index is 12.4. The van der Waals surface area contributed by atoms with Gasteiger partial charge in [-0.25, -0.2) is 17.9 Å². The van der Waals surface area contributed by atoms with Gasteiger partial charge in [0.1, 0.15) is 0 Å². The van der Waals surface area contributed by atoms with E-state index in [1.807, 2.05) is 0 Å². The quantitative estimate of drug-likeness (QED) is 0.578. The first-order valence-electron chi connectivity index (χ1n) is 9.73. The molecule has 1 aliphatic rings. The van der Waals surface area contributed by atoms with E-state index in [9.17, 15) is 18.0 Å². The largest absolute Gasteiger partial charge is 0.449 e. The van der Waals surface area contributed by atoms with Gasteiger partial charge >= 0.3 is 5.97 Å². The van der Waals surface area contributed by atoms with Gasteiger partial charge in [0.05, 0.1) is 16.6 Å². The summed E-state index contributed by atoms with van der Waals surface area (Å²) in [5.74, 6) is -1.25. The van der Waals surface area contributed by atoms with E-state index >= 15 is 0 Å². The first kappa shape index (κ1) is 23.2. The van der Waals surface area contributed by atoms with Gasteiger partial charge in [-0.15, -0.1) is 0 Å². The van der Waals surface area contributed by atoms with Gasteiger partial charge in [-0.1, -0.05) is 11.6 Å². The van der Waals surface area contributed by atoms with Crippen molar-refractivity contribution in [2.75, 3.05) is 18.5 Å². The molecule has 3 rings (SSSR count). The second-order valence-electron chi connectivity index (χ2n) is 7.05. The van der Waals surface area contributed by atoms with Crippen molar-refractivity contribution in [2.24, 2.45) is 0 Å². The average molecular weight is 467 g/mol. The summed E-state index contributed by atoms with van der Waals surface area (Å²) in [6.45, 7) is 2.28. The Balaban J connectivity index is 1.55. The van der Waals surface area contributed by atoms with Crippen LogP contribution in [-0.2, 0) is 24.3 Å². The molecule has 2 atom stereocenters. The topological polar surface area (TPSA) is 111 Å². The maximum Gasteiger partial charge on any atom is 0.338 e. The van der Waals surface area contributed by atoms with Crippen LogP contribution in [0.1, 0.15) is 30.1 Å². The van der Waals surface area contributed by atoms with E-state index in [1.54, 1.807) is 24.3 Å². The number of nitrogens with one attached hydrogen (secondary N) is 2. The van der Waals surface area contributed by atoms with Crippen LogP contribution in [0.25, 0.3) is 0 Å². The normalized spacial score (nSPS) is 17.2. The predicted molar refractivity (Wildman–Crippen MR) is 116 cm³/mol. The molecule has 0 spiro atoms. The first-order chi connectivity index (χ1) is 14.7. The third kappa shape index (κ3) is 6.51. The summed E-state index contributed by atoms with van der Waals surface area (Å²) in [5, 5.41) is 3.15. The number of carbonyl (C=O) groups is 2. The minimum Gasteiger partial charge on any atom is -0.449 e. The molecule has 0 unspecified atom stereocenters. The molecule has 1 aliphatic heterocycles. The molecule has 1 saturated heterocycles. The molecule has 166 valence electrons. The zero-order valence-electron chi connectivity index (χ0n) is 16.8. The Morgan fingerprint density at radius 3 is 2.45 bits per heavy atom. The van der Waals surface area contributed by atoms with Gasteiger partial charge in [0.25, 0.3) is 5.91 Å². The van der Waals surface area contributed by atoms with Crippen molar-refractivity contribution >= 4 is 39.2 Å². The molecule has 2 aromatic rings. The summed E-state index contributed by atoms with van der Waals surface area (Å²) >= 11 is 5.80. The molecular weight excluding hydrogens is 444 g/mol. The van der Waals surface area contributed by atoms with Crippen LogP contribution in [0.3, 0.4) is 0 Å². The van der Waals surface area contributed by atoms with Crippen LogP contribution < -0.4 is 10.0 Å². The predicted octanol–water partition coefficient (Wildman–Crippen LogP) is 2.98. The van der Waals surface area contributed by atoms with Crippen LogP contribution in [0.4, 0.5) is 5.69 Å². The summed E-state index contributed by atoms with van der Waals surface area (Å²) in [5.41, 5.74) is 0.645. The number of benzene rings is 2. The Labute approximate surface area is 185 Å². The molecule has 8 nitrogen and oxygen atoms in total. The van der Waals surface area contributed by atoms with Crippen molar-refractivity contribution < 1.29 is 27.5 Å². The van der Waals surface area contributed by atoms with Crippen molar-refractivity contribution in [1.29, 1.82) is 0 Å². The van der Waals surface area contributed by atoms with E-state index in [4.69, 9.17) is 21.1 Å². The minimum absolute atomic E-state index is 0.0237. The van der Waals surface area contributed by atoms with E-state index in [1.165, 1.54) is 31.2 Å². The zero-order valence-corrected chi connectivity index (χ0v) is 18.4. The van der Waals surface area contributed by atoms with Gasteiger partial charge in [-0.2, -0.15) is 0 Å². The van der Waals surface area contributed by atoms with Crippen molar-refractivity contribution in [2.45, 2.75) is 36.9 Å². The highest BCUT2D eigenvalue weighted by Gasteiger charge is 2.22. The summed E-state index contributed by atoms with van der Waals surface area (Å²) in [4.78, 5) is 24.6. The Kier molecular flexibility index (Phi) is 7.66. The number of hydrogen-bond donors (Lipinski definition) is 2. The average Bonchev–Trinajstić information content (AvgIpc) is 3.28. The lowest BCUT2D eigenvalue weighted by molar-refractivity contribution is -0.123. The van der Waals surface area contributed by atoms with Crippen molar-refractivity contribution in [3.8, 4) is 0 Å². The van der Waals surface area contributed by atoms with Crippen LogP contribution in [0.15, 0.2) is 53.4 Å². The van der Waals surface area contributed by atoms with Crippen LogP contribution in [0.2, 0.25) is 5.02 Å². The second-order valence-corrected chi connectivity index (χ2v) is 9.26. The summed E-state index contributed by atoms with van der Waals surface area (Å²) in [6.07, 6.45) is 0.556. The van der Waals surface area contributed by atoms with Crippen LogP contribution in [0.5, 0.6) is 0 Å². The fourth-order valence-electron chi connectivity index (χ4n) is 2.92. The van der Waals surface area contributed by atoms with Gasteiger partial charge in [-0.3, -0.25) is 4.79 Å². The molecular formula is C21H23ClN2O6S. The number of ether oxygens (including phenoxy) is 2. The molecule has 2 N–H and O–H groups in total. The lowest BCUT2D eigenvalue weighted by Gasteiger charge is -2.14. The van der Waals surface area contributed by atoms with Crippen molar-refractivity contribution in [1.82, 2.24) is 4.72 Å². The number of rotatable bonds is 8. The molecule has 1 amide bonds. The molecule has 0 saturated carbocycles. The fraction of sp³-hybridized carbons (Fsp3) is 0.333. The van der Waals surface area contributed by atoms with Gasteiger partial charge in [0.2, 0.25) is 10.0 Å². The number of sulfonamides is 1. The van der Waals surface area contributed by atoms with E-state index < -0.39 is 28.0 Å². The highest BCUT2D eigenvalue weighted by atomic mass is 35.5. The number of hydrogen-bond acceptors (Lipinski definition) is 6. The van der Waals surface area contributed by atoms with E-state index in [-0.39, 0.29) is 23.1 Å². The monoisotopic (exact) mass is 466 g/mol. The van der Waals surface area contributed by atoms with Gasteiger partial charge in [0, 0.05) is 23.9 Å². The van der Waals surface area contributed by atoms with Crippen LogP contribution in [-0.4, -0.2) is 45.7 Å². The molecule has 0 bridgehead atoms. The molecule has 0 radical (unpaired) electrons. The fourth-order valence-corrected chi connectivity index (χ4v) is 4.11. The van der Waals surface area contributed by atoms with Crippen LogP contribution in [0, 0.1) is 0 Å². The second kappa shape index (κ2) is 10.2. The lowest BCUT2D eigenvalue weighted by atomic mass is 10.2. The smallest absolute Gasteiger partial charge is 0.338 e. The zero-order chi connectivity index (χ0) is 22.4. The highest BCUT2D eigenvalue weighted by Crippen LogP contribution is 2.16. The van der Waals surface area contributed by atoms with Crippen LogP contribution >= 0.6 is 11.6 Å². The summed E-state index contributed by atoms with van der Waals surface area (Å²) in [7, 11) is -3.72. The standard InChI is InChI=1S/C21H23ClN2O6S/c1-14(20(25)24-17-8-6-16(22)7-9-17)30-21(26)15-4-10-19(11-5-15)31(27,28)23-13-18-3-2-12-29-18/h4-11,14,18,23H,2-3,12-13H2,1H3,(H,24,25)/t14-,18-/m1/s1. The molecule has 10 heteroatoms. The SMILES string of the molecule is C[C@@H](OC(=O)c1ccc(S(=O)(=O)NC[C@H]2CCCO2)cc1)C(=O)Nc1ccc(Cl)cc1. The molecule has 0 aromatic heterocycles. The maximum atomic E-state index is 12.4. The third-order valence-corrected chi connectivity index (χ3v) is 6.38. The number of amides is 1. The molecule has 31 heavy (non-hydrogen) atoms. The van der Waals surface area contributed by atoms with Gasteiger partial charge < -0.3 is 14.8 Å². The van der Waals surface area contributed by atoms with Gasteiger partial charge in [-0.05, 0) is 68.3 Å². The molecule has 2 aromatic carbocycles. The van der Waals surface area contributed by atoms with Crippen molar-refractivity contribution in [3.05, 3.63) is 59.1 Å². The number of esters is 1. The van der Waals surface area contributed by atoms with E-state index in [0.717, 1.165) is 12.8 Å². The Bertz CT molecular complexity index is 1020. The Morgan fingerprint density at radius 2 is 1.84 bits per heavy atom. The number of anilines is 1. The minimum atomic E-state index is -3.72. The van der Waals surface area contributed by atoms with Gasteiger partial charge in [0.15, 0.2) is 6.10 Å². The summed E-state index contributed by atoms with van der Waals surface area (Å²) < 4.78 is 37.9. The number of carbonyl (C=O) groups excluding carboxylic acids is 2. The summed E-state index contributed by atoms with van der Waals surface area (Å²) in [6, 6.07) is 11.8. The van der Waals surface area contributed by atoms with E-state index in [2.05, 4.69) is 10.0 Å². The molecule has 1 heterocycles.